The van der Waals surface area contributed by atoms with Crippen molar-refractivity contribution in [2.24, 2.45) is 4.99 Å². The van der Waals surface area contributed by atoms with Gasteiger partial charge in [-0.15, -0.1) is 0 Å². The summed E-state index contributed by atoms with van der Waals surface area (Å²) in [5.41, 5.74) is 4.65. The van der Waals surface area contributed by atoms with E-state index in [0.717, 1.165) is 34.0 Å². The minimum Gasteiger partial charge on any atom is -0.497 e. The quantitative estimate of drug-likeness (QED) is 0.274. The SMILES string of the molecule is Bc1ccc(Sc2ccc(C3=NCC(=N)N(C(C)=N)c4ccc(OC)cc43)cc2)cc1.CCNC(C)=O. The van der Waals surface area contributed by atoms with Gasteiger partial charge in [-0.05, 0) is 56.3 Å². The molecule has 0 aliphatic carbocycles. The number of anilines is 1. The van der Waals surface area contributed by atoms with E-state index in [9.17, 15) is 4.79 Å². The molecule has 3 aromatic carbocycles. The van der Waals surface area contributed by atoms with Crippen LogP contribution < -0.4 is 20.4 Å². The summed E-state index contributed by atoms with van der Waals surface area (Å²) in [4.78, 5) is 18.7. The molecule has 1 aliphatic heterocycles. The third kappa shape index (κ3) is 7.33. The Morgan fingerprint density at radius 3 is 2.22 bits per heavy atom. The van der Waals surface area contributed by atoms with Crippen LogP contribution in [0.4, 0.5) is 5.69 Å². The Morgan fingerprint density at radius 1 is 1.08 bits per heavy atom. The summed E-state index contributed by atoms with van der Waals surface area (Å²) in [6, 6.07) is 22.5. The molecular weight excluding hydrogens is 481 g/mol. The Labute approximate surface area is 223 Å². The summed E-state index contributed by atoms with van der Waals surface area (Å²) in [5.74, 6) is 1.32. The highest BCUT2D eigenvalue weighted by molar-refractivity contribution is 7.99. The average molecular weight is 513 g/mol. The minimum absolute atomic E-state index is 0.0394. The summed E-state index contributed by atoms with van der Waals surface area (Å²) in [6.45, 7) is 6.02. The third-order valence-corrected chi connectivity index (χ3v) is 6.52. The number of hydrogen-bond acceptors (Lipinski definition) is 6. The van der Waals surface area contributed by atoms with Gasteiger partial charge in [-0.1, -0.05) is 41.5 Å². The van der Waals surface area contributed by atoms with E-state index in [4.69, 9.17) is 20.5 Å². The minimum atomic E-state index is 0.0394. The number of hydrogen-bond donors (Lipinski definition) is 3. The van der Waals surface area contributed by atoms with Gasteiger partial charge in [0, 0.05) is 34.4 Å². The van der Waals surface area contributed by atoms with Crippen molar-refractivity contribution < 1.29 is 9.53 Å². The molecule has 0 radical (unpaired) electrons. The Kier molecular flexibility index (Phi) is 9.68. The fourth-order valence-corrected chi connectivity index (χ4v) is 4.60. The van der Waals surface area contributed by atoms with Gasteiger partial charge in [0.15, 0.2) is 0 Å². The summed E-state index contributed by atoms with van der Waals surface area (Å²) in [7, 11) is 3.72. The Balaban J connectivity index is 0.000000568. The number of fused-ring (bicyclic) bond motifs is 1. The van der Waals surface area contributed by atoms with Gasteiger partial charge in [-0.2, -0.15) is 0 Å². The van der Waals surface area contributed by atoms with Gasteiger partial charge in [0.2, 0.25) is 5.91 Å². The molecule has 0 spiro atoms. The lowest BCUT2D eigenvalue weighted by Gasteiger charge is -2.24. The molecule has 3 N–H and O–H groups in total. The Hall–Kier alpha value is -3.85. The van der Waals surface area contributed by atoms with Crippen LogP contribution in [0.15, 0.2) is 81.5 Å². The van der Waals surface area contributed by atoms with E-state index in [0.29, 0.717) is 5.75 Å². The van der Waals surface area contributed by atoms with E-state index < -0.39 is 0 Å². The zero-order valence-electron chi connectivity index (χ0n) is 21.9. The van der Waals surface area contributed by atoms with Gasteiger partial charge in [0.1, 0.15) is 25.3 Å². The molecule has 0 saturated carbocycles. The van der Waals surface area contributed by atoms with Gasteiger partial charge in [-0.3, -0.25) is 25.5 Å². The monoisotopic (exact) mass is 513 g/mol. The molecule has 0 bridgehead atoms. The molecule has 1 amide bonds. The third-order valence-electron chi connectivity index (χ3n) is 5.50. The second kappa shape index (κ2) is 12.9. The average Bonchev–Trinajstić information content (AvgIpc) is 3.01. The number of ether oxygens (including phenoxy) is 1. The van der Waals surface area contributed by atoms with Crippen molar-refractivity contribution in [3.05, 3.63) is 77.9 Å². The van der Waals surface area contributed by atoms with Crippen molar-refractivity contribution >= 4 is 54.0 Å². The molecule has 1 aliphatic rings. The molecule has 1 heterocycles. The molecular formula is C28H32BN5O2S. The first-order valence-corrected chi connectivity index (χ1v) is 12.8. The summed E-state index contributed by atoms with van der Waals surface area (Å²) < 4.78 is 5.44. The van der Waals surface area contributed by atoms with Crippen molar-refractivity contribution in [2.75, 3.05) is 25.1 Å². The largest absolute Gasteiger partial charge is 0.497 e. The van der Waals surface area contributed by atoms with Crippen molar-refractivity contribution in [1.29, 1.82) is 10.8 Å². The van der Waals surface area contributed by atoms with E-state index in [1.165, 1.54) is 17.3 Å². The van der Waals surface area contributed by atoms with Gasteiger partial charge >= 0.3 is 0 Å². The lowest BCUT2D eigenvalue weighted by molar-refractivity contribution is -0.118. The van der Waals surface area contributed by atoms with Crippen molar-refractivity contribution in [2.45, 2.75) is 30.6 Å². The highest BCUT2D eigenvalue weighted by Crippen LogP contribution is 2.32. The number of amides is 1. The lowest BCUT2D eigenvalue weighted by atomic mass is 9.97. The zero-order valence-corrected chi connectivity index (χ0v) is 22.7. The maximum Gasteiger partial charge on any atom is 0.216 e. The number of rotatable bonds is 5. The molecule has 3 aromatic rings. The molecule has 0 atom stereocenters. The standard InChI is InChI=1S/C24H23BN4OS.C4H9NO/c1-15(26)29-22-12-7-18(30-2)13-21(22)24(28-14-23(29)27)16-3-8-19(9-4-16)31-20-10-5-17(25)6-11-20;1-3-5-4(2)6/h3-13,26-27H,14,25H2,1-2H3;3H2,1-2H3,(H,5,6). The van der Waals surface area contributed by atoms with E-state index >= 15 is 0 Å². The van der Waals surface area contributed by atoms with Crippen LogP contribution in [0.3, 0.4) is 0 Å². The number of methoxy groups -OCH3 is 1. The number of carbonyl (C=O) groups is 1. The van der Waals surface area contributed by atoms with E-state index in [2.05, 4.69) is 61.7 Å². The first-order chi connectivity index (χ1) is 17.7. The molecule has 7 nitrogen and oxygen atoms in total. The molecule has 9 heteroatoms. The van der Waals surface area contributed by atoms with Crippen LogP contribution in [-0.2, 0) is 4.79 Å². The van der Waals surface area contributed by atoms with Crippen molar-refractivity contribution in [1.82, 2.24) is 5.32 Å². The topological polar surface area (TPSA) is 102 Å². The normalized spacial score (nSPS) is 12.4. The summed E-state index contributed by atoms with van der Waals surface area (Å²) in [5, 5.41) is 19.1. The van der Waals surface area contributed by atoms with Crippen LogP contribution >= 0.6 is 11.8 Å². The van der Waals surface area contributed by atoms with Gasteiger partial charge in [0.05, 0.1) is 25.1 Å². The zero-order chi connectivity index (χ0) is 26.9. The van der Waals surface area contributed by atoms with Crippen LogP contribution in [0, 0.1) is 10.8 Å². The molecule has 190 valence electrons. The Morgan fingerprint density at radius 2 is 1.70 bits per heavy atom. The number of nitrogens with zero attached hydrogens (tertiary/aromatic N) is 2. The van der Waals surface area contributed by atoms with Crippen LogP contribution in [-0.4, -0.2) is 51.3 Å². The first-order valence-electron chi connectivity index (χ1n) is 12.0. The molecule has 0 saturated heterocycles. The first kappa shape index (κ1) is 27.7. The fourth-order valence-electron chi connectivity index (χ4n) is 3.78. The number of aliphatic imine (C=N–C) groups is 1. The number of benzodiazepines with no additional fused rings is 1. The maximum absolute atomic E-state index is 9.93. The predicted molar refractivity (Wildman–Crippen MR) is 157 cm³/mol. The smallest absolute Gasteiger partial charge is 0.216 e. The Bertz CT molecular complexity index is 1310. The molecule has 37 heavy (non-hydrogen) atoms. The lowest BCUT2D eigenvalue weighted by Crippen LogP contribution is -2.35. The van der Waals surface area contributed by atoms with E-state index in [1.54, 1.807) is 30.7 Å². The number of amidine groups is 2. The fraction of sp³-hybridized carbons (Fsp3) is 0.214. The highest BCUT2D eigenvalue weighted by Gasteiger charge is 2.25. The molecule has 0 fully saturated rings. The second-order valence-corrected chi connectivity index (χ2v) is 9.59. The van der Waals surface area contributed by atoms with E-state index in [-0.39, 0.29) is 24.1 Å². The highest BCUT2D eigenvalue weighted by atomic mass is 32.2. The molecule has 0 aromatic heterocycles. The van der Waals surface area contributed by atoms with Crippen LogP contribution in [0.5, 0.6) is 5.75 Å². The van der Waals surface area contributed by atoms with Gasteiger partial charge in [0.25, 0.3) is 0 Å². The van der Waals surface area contributed by atoms with Crippen molar-refractivity contribution in [3.8, 4) is 5.75 Å². The van der Waals surface area contributed by atoms with Gasteiger partial charge < -0.3 is 10.1 Å². The number of benzene rings is 3. The molecule has 4 rings (SSSR count). The summed E-state index contributed by atoms with van der Waals surface area (Å²) >= 11 is 1.72. The van der Waals surface area contributed by atoms with Gasteiger partial charge in [-0.25, -0.2) is 0 Å². The summed E-state index contributed by atoms with van der Waals surface area (Å²) in [6.07, 6.45) is 0. The number of nitrogens with one attached hydrogen (secondary N) is 3. The van der Waals surface area contributed by atoms with Crippen LogP contribution in [0.2, 0.25) is 0 Å². The van der Waals surface area contributed by atoms with Crippen molar-refractivity contribution in [3.63, 3.8) is 0 Å². The number of carbonyl (C=O) groups excluding carboxylic acids is 1. The van der Waals surface area contributed by atoms with Crippen LogP contribution in [0.25, 0.3) is 0 Å². The predicted octanol–water partition coefficient (Wildman–Crippen LogP) is 3.88. The van der Waals surface area contributed by atoms with Crippen LogP contribution in [0.1, 0.15) is 31.9 Å². The van der Waals surface area contributed by atoms with E-state index in [1.807, 2.05) is 25.1 Å². The second-order valence-electron chi connectivity index (χ2n) is 8.44. The molecule has 0 unspecified atom stereocenters. The maximum atomic E-state index is 9.93.